The molecule has 0 bridgehead atoms. The highest BCUT2D eigenvalue weighted by Crippen LogP contribution is 2.32. The van der Waals surface area contributed by atoms with Crippen molar-refractivity contribution in [2.24, 2.45) is 17.8 Å². The lowest BCUT2D eigenvalue weighted by molar-refractivity contribution is 0.109. The molecular formula is C26H36FN3O2. The maximum atomic E-state index is 14.0. The Kier molecular flexibility index (Phi) is 7.19. The van der Waals surface area contributed by atoms with E-state index in [0.717, 1.165) is 37.2 Å². The normalized spacial score (nSPS) is 25.0. The molecule has 3 aliphatic rings. The van der Waals surface area contributed by atoms with E-state index in [9.17, 15) is 9.18 Å². The number of carbonyl (C=O) groups excluding carboxylic acids is 1. The van der Waals surface area contributed by atoms with Crippen molar-refractivity contribution >= 4 is 6.03 Å². The number of allylic oxidation sites excluding steroid dienone is 2. The lowest BCUT2D eigenvalue weighted by Crippen LogP contribution is -2.50. The highest BCUT2D eigenvalue weighted by molar-refractivity contribution is 5.75. The number of urea groups is 1. The molecule has 32 heavy (non-hydrogen) atoms. The van der Waals surface area contributed by atoms with Gasteiger partial charge in [-0.3, -0.25) is 0 Å². The Bertz CT molecular complexity index is 843. The van der Waals surface area contributed by atoms with Crippen LogP contribution in [-0.4, -0.2) is 66.6 Å². The van der Waals surface area contributed by atoms with Crippen molar-refractivity contribution in [3.05, 3.63) is 53.9 Å². The zero-order chi connectivity index (χ0) is 22.7. The molecule has 6 heteroatoms. The van der Waals surface area contributed by atoms with Gasteiger partial charge in [-0.05, 0) is 68.7 Å². The standard InChI is InChI=1S/C26H36FN3O2/c1-19(2)18-32-25-8-4-20(5-9-25)15-29-16-21-6-7-23(27)14-22(21)17-30(26(29)31)24-10-12-28(3)13-11-24/h4-9,14,19,21-22,24H,10-13,15-18H2,1-3H3. The van der Waals surface area contributed by atoms with Crippen LogP contribution in [0.2, 0.25) is 0 Å². The summed E-state index contributed by atoms with van der Waals surface area (Å²) in [6.07, 6.45) is 7.15. The second kappa shape index (κ2) is 10.1. The van der Waals surface area contributed by atoms with Gasteiger partial charge in [0.2, 0.25) is 0 Å². The number of ether oxygens (including phenoxy) is 1. The number of likely N-dealkylation sites (tertiary alicyclic amines) is 1. The number of benzene rings is 1. The fourth-order valence-corrected chi connectivity index (χ4v) is 4.86. The van der Waals surface area contributed by atoms with Crippen LogP contribution in [0, 0.1) is 17.8 Å². The Balaban J connectivity index is 1.51. The van der Waals surface area contributed by atoms with E-state index in [0.29, 0.717) is 32.2 Å². The minimum Gasteiger partial charge on any atom is -0.493 e. The fraction of sp³-hybridized carbons (Fsp3) is 0.577. The van der Waals surface area contributed by atoms with E-state index < -0.39 is 0 Å². The molecule has 0 saturated carbocycles. The number of piperidine rings is 1. The van der Waals surface area contributed by atoms with Gasteiger partial charge >= 0.3 is 6.03 Å². The highest BCUT2D eigenvalue weighted by Gasteiger charge is 2.38. The Morgan fingerprint density at radius 3 is 2.50 bits per heavy atom. The average molecular weight is 442 g/mol. The lowest BCUT2D eigenvalue weighted by Gasteiger charge is -2.39. The second-order valence-electron chi connectivity index (χ2n) is 9.94. The number of hydrogen-bond acceptors (Lipinski definition) is 3. The molecule has 1 aromatic carbocycles. The maximum Gasteiger partial charge on any atom is 0.320 e. The van der Waals surface area contributed by atoms with Crippen LogP contribution >= 0.6 is 0 Å². The van der Waals surface area contributed by atoms with Crippen LogP contribution in [0.5, 0.6) is 5.75 Å². The number of halogens is 1. The predicted octanol–water partition coefficient (Wildman–Crippen LogP) is 4.71. The van der Waals surface area contributed by atoms with E-state index in [-0.39, 0.29) is 29.7 Å². The molecule has 2 fully saturated rings. The minimum atomic E-state index is -0.188. The summed E-state index contributed by atoms with van der Waals surface area (Å²) in [5.41, 5.74) is 1.08. The third-order valence-corrected chi connectivity index (χ3v) is 6.79. The Labute approximate surface area is 191 Å². The monoisotopic (exact) mass is 441 g/mol. The quantitative estimate of drug-likeness (QED) is 0.642. The Morgan fingerprint density at radius 1 is 1.09 bits per heavy atom. The highest BCUT2D eigenvalue weighted by atomic mass is 19.1. The number of amides is 2. The van der Waals surface area contributed by atoms with Crippen LogP contribution in [0.15, 0.2) is 48.3 Å². The maximum absolute atomic E-state index is 14.0. The number of carbonyl (C=O) groups is 1. The molecule has 0 spiro atoms. The smallest absolute Gasteiger partial charge is 0.320 e. The Morgan fingerprint density at radius 2 is 1.81 bits per heavy atom. The van der Waals surface area contributed by atoms with Crippen molar-refractivity contribution in [2.75, 3.05) is 39.8 Å². The molecule has 2 aliphatic heterocycles. The van der Waals surface area contributed by atoms with Gasteiger partial charge in [0.05, 0.1) is 6.61 Å². The molecule has 2 atom stereocenters. The molecule has 0 radical (unpaired) electrons. The summed E-state index contributed by atoms with van der Waals surface area (Å²) in [4.78, 5) is 20.0. The van der Waals surface area contributed by atoms with E-state index in [1.165, 1.54) is 0 Å². The molecule has 0 N–H and O–H groups in total. The summed E-state index contributed by atoms with van der Waals surface area (Å²) in [5.74, 6) is 1.31. The third-order valence-electron chi connectivity index (χ3n) is 6.79. The van der Waals surface area contributed by atoms with Crippen LogP contribution < -0.4 is 4.74 Å². The zero-order valence-electron chi connectivity index (χ0n) is 19.5. The fourth-order valence-electron chi connectivity index (χ4n) is 4.86. The van der Waals surface area contributed by atoms with Gasteiger partial charge in [-0.25, -0.2) is 9.18 Å². The molecule has 0 aromatic heterocycles. The van der Waals surface area contributed by atoms with Gasteiger partial charge in [0.25, 0.3) is 0 Å². The summed E-state index contributed by atoms with van der Waals surface area (Å²) < 4.78 is 19.8. The molecule has 5 nitrogen and oxygen atoms in total. The second-order valence-corrected chi connectivity index (χ2v) is 9.94. The van der Waals surface area contributed by atoms with Crippen molar-refractivity contribution in [1.29, 1.82) is 0 Å². The summed E-state index contributed by atoms with van der Waals surface area (Å²) in [6.45, 7) is 8.68. The van der Waals surface area contributed by atoms with Crippen molar-refractivity contribution in [1.82, 2.24) is 14.7 Å². The lowest BCUT2D eigenvalue weighted by atomic mass is 9.87. The molecule has 174 valence electrons. The largest absolute Gasteiger partial charge is 0.493 e. The first kappa shape index (κ1) is 22.8. The molecule has 2 amide bonds. The summed E-state index contributed by atoms with van der Waals surface area (Å²) in [6, 6.07) is 8.35. The summed E-state index contributed by atoms with van der Waals surface area (Å²) in [7, 11) is 2.13. The molecule has 4 rings (SSSR count). The number of rotatable bonds is 6. The molecule has 2 heterocycles. The van der Waals surface area contributed by atoms with Crippen LogP contribution in [-0.2, 0) is 6.54 Å². The van der Waals surface area contributed by atoms with Crippen LogP contribution in [0.25, 0.3) is 0 Å². The van der Waals surface area contributed by atoms with Crippen LogP contribution in [0.1, 0.15) is 32.3 Å². The van der Waals surface area contributed by atoms with E-state index in [2.05, 4.69) is 25.8 Å². The van der Waals surface area contributed by atoms with Gasteiger partial charge in [0.1, 0.15) is 11.6 Å². The first-order chi connectivity index (χ1) is 15.4. The SMILES string of the molecule is CC(C)COc1ccc(CN2CC3C=CC(F)=CC3CN(C3CCN(C)CC3)C2=O)cc1. The number of fused-ring (bicyclic) bond motifs is 1. The Hall–Kier alpha value is -2.34. The van der Waals surface area contributed by atoms with E-state index in [1.54, 1.807) is 12.2 Å². The van der Waals surface area contributed by atoms with Gasteiger partial charge in [0.15, 0.2) is 0 Å². The third kappa shape index (κ3) is 5.52. The van der Waals surface area contributed by atoms with Gasteiger partial charge in [-0.2, -0.15) is 0 Å². The van der Waals surface area contributed by atoms with Gasteiger partial charge in [-0.1, -0.05) is 32.1 Å². The first-order valence-electron chi connectivity index (χ1n) is 11.9. The van der Waals surface area contributed by atoms with Crippen LogP contribution in [0.3, 0.4) is 0 Å². The zero-order valence-corrected chi connectivity index (χ0v) is 19.5. The van der Waals surface area contributed by atoms with E-state index in [4.69, 9.17) is 4.74 Å². The van der Waals surface area contributed by atoms with Gasteiger partial charge in [-0.15, -0.1) is 0 Å². The van der Waals surface area contributed by atoms with Crippen molar-refractivity contribution in [2.45, 2.75) is 39.3 Å². The van der Waals surface area contributed by atoms with Crippen LogP contribution in [0.4, 0.5) is 9.18 Å². The number of nitrogens with zero attached hydrogens (tertiary/aromatic N) is 3. The predicted molar refractivity (Wildman–Crippen MR) is 125 cm³/mol. The minimum absolute atomic E-state index is 0.0282. The average Bonchev–Trinajstić information content (AvgIpc) is 2.90. The van der Waals surface area contributed by atoms with Crippen molar-refractivity contribution in [3.8, 4) is 5.75 Å². The molecule has 1 aliphatic carbocycles. The van der Waals surface area contributed by atoms with Crippen molar-refractivity contribution in [3.63, 3.8) is 0 Å². The summed E-state index contributed by atoms with van der Waals surface area (Å²) >= 11 is 0. The topological polar surface area (TPSA) is 36.0 Å². The van der Waals surface area contributed by atoms with Gasteiger partial charge in [0, 0.05) is 37.5 Å². The first-order valence-corrected chi connectivity index (χ1v) is 11.9. The molecular weight excluding hydrogens is 405 g/mol. The van der Waals surface area contributed by atoms with E-state index in [1.807, 2.05) is 40.1 Å². The van der Waals surface area contributed by atoms with Gasteiger partial charge < -0.3 is 19.4 Å². The molecule has 2 unspecified atom stereocenters. The van der Waals surface area contributed by atoms with E-state index >= 15 is 0 Å². The summed E-state index contributed by atoms with van der Waals surface area (Å²) in [5, 5.41) is 0. The number of hydrogen-bond donors (Lipinski definition) is 0. The molecule has 2 saturated heterocycles. The van der Waals surface area contributed by atoms with Crippen molar-refractivity contribution < 1.29 is 13.9 Å². The molecule has 1 aromatic rings.